The summed E-state index contributed by atoms with van der Waals surface area (Å²) in [5, 5.41) is 2.01. The Labute approximate surface area is 130 Å². The molecule has 4 rings (SSSR count). The first kappa shape index (κ1) is 13.0. The molecule has 0 atom stereocenters. The lowest BCUT2D eigenvalue weighted by molar-refractivity contribution is 0.573. The van der Waals surface area contributed by atoms with Crippen LogP contribution < -0.4 is 0 Å². The van der Waals surface area contributed by atoms with Crippen molar-refractivity contribution in [2.75, 3.05) is 0 Å². The number of aromatic nitrogens is 4. The minimum atomic E-state index is 0.598. The third kappa shape index (κ3) is 2.44. The molecule has 0 N–H and O–H groups in total. The Kier molecular flexibility index (Phi) is 3.29. The molecule has 0 fully saturated rings. The number of pyridine rings is 1. The van der Waals surface area contributed by atoms with Gasteiger partial charge in [-0.3, -0.25) is 4.98 Å². The molecular formula is C16H12N4OS. The Bertz CT molecular complexity index is 865. The number of hydrogen-bond acceptors (Lipinski definition) is 5. The molecule has 22 heavy (non-hydrogen) atoms. The maximum Gasteiger partial charge on any atom is 0.236 e. The second-order valence-electron chi connectivity index (χ2n) is 4.72. The molecule has 0 bridgehead atoms. The highest BCUT2D eigenvalue weighted by atomic mass is 32.1. The van der Waals surface area contributed by atoms with Crippen LogP contribution in [0.2, 0.25) is 0 Å². The van der Waals surface area contributed by atoms with E-state index >= 15 is 0 Å². The molecule has 6 heteroatoms. The summed E-state index contributed by atoms with van der Waals surface area (Å²) in [5.74, 6) is 1.48. The van der Waals surface area contributed by atoms with Crippen LogP contribution in [0.1, 0.15) is 5.69 Å². The van der Waals surface area contributed by atoms with Gasteiger partial charge >= 0.3 is 0 Å². The Morgan fingerprint density at radius 3 is 2.91 bits per heavy atom. The number of nitrogens with zero attached hydrogens (tertiary/aromatic N) is 4. The van der Waals surface area contributed by atoms with Gasteiger partial charge in [0, 0.05) is 18.6 Å². The average molecular weight is 308 g/mol. The highest BCUT2D eigenvalue weighted by molar-refractivity contribution is 7.13. The standard InChI is InChI=1S/C16H12N4OS/c1-2-6-17-13(4-1)15-18-7-8-20(15)10-12-11-21-16(19-12)14-5-3-9-22-14/h1-9,11H,10H2. The number of oxazole rings is 1. The predicted molar refractivity (Wildman–Crippen MR) is 84.4 cm³/mol. The van der Waals surface area contributed by atoms with E-state index in [-0.39, 0.29) is 0 Å². The first-order valence-corrected chi connectivity index (χ1v) is 7.69. The fourth-order valence-electron chi connectivity index (χ4n) is 2.23. The number of hydrogen-bond donors (Lipinski definition) is 0. The average Bonchev–Trinajstić information content (AvgIpc) is 3.30. The summed E-state index contributed by atoms with van der Waals surface area (Å²) in [6, 6.07) is 9.77. The van der Waals surface area contributed by atoms with Gasteiger partial charge in [-0.1, -0.05) is 12.1 Å². The number of imidazole rings is 1. The van der Waals surface area contributed by atoms with Crippen molar-refractivity contribution >= 4 is 11.3 Å². The highest BCUT2D eigenvalue weighted by Gasteiger charge is 2.11. The summed E-state index contributed by atoms with van der Waals surface area (Å²) >= 11 is 1.61. The van der Waals surface area contributed by atoms with E-state index in [0.29, 0.717) is 12.4 Å². The van der Waals surface area contributed by atoms with Gasteiger partial charge in [-0.2, -0.15) is 0 Å². The second kappa shape index (κ2) is 5.57. The Morgan fingerprint density at radius 2 is 2.09 bits per heavy atom. The van der Waals surface area contributed by atoms with E-state index in [2.05, 4.69) is 15.0 Å². The lowest BCUT2D eigenvalue weighted by atomic mass is 10.3. The lowest BCUT2D eigenvalue weighted by Crippen LogP contribution is -2.02. The van der Waals surface area contributed by atoms with Crippen LogP contribution >= 0.6 is 11.3 Å². The molecule has 0 aliphatic heterocycles. The van der Waals surface area contributed by atoms with E-state index in [0.717, 1.165) is 22.1 Å². The zero-order valence-corrected chi connectivity index (χ0v) is 12.4. The van der Waals surface area contributed by atoms with Gasteiger partial charge < -0.3 is 8.98 Å². The smallest absolute Gasteiger partial charge is 0.236 e. The van der Waals surface area contributed by atoms with Crippen LogP contribution in [0.5, 0.6) is 0 Å². The molecule has 5 nitrogen and oxygen atoms in total. The first-order valence-electron chi connectivity index (χ1n) is 6.81. The van der Waals surface area contributed by atoms with Gasteiger partial charge in [0.05, 0.1) is 17.1 Å². The van der Waals surface area contributed by atoms with E-state index in [9.17, 15) is 0 Å². The SMILES string of the molecule is c1ccc(-c2nccn2Cc2coc(-c3cccs3)n2)nc1. The number of thiophene rings is 1. The maximum absolute atomic E-state index is 5.55. The van der Waals surface area contributed by atoms with Crippen LogP contribution in [0, 0.1) is 0 Å². The molecular weight excluding hydrogens is 296 g/mol. The molecule has 0 radical (unpaired) electrons. The molecule has 4 aromatic rings. The molecule has 0 spiro atoms. The van der Waals surface area contributed by atoms with Crippen LogP contribution in [0.25, 0.3) is 22.3 Å². The topological polar surface area (TPSA) is 56.7 Å². The minimum absolute atomic E-state index is 0.598. The zero-order chi connectivity index (χ0) is 14.8. The van der Waals surface area contributed by atoms with Crippen molar-refractivity contribution < 1.29 is 4.42 Å². The van der Waals surface area contributed by atoms with Gasteiger partial charge in [-0.05, 0) is 23.6 Å². The maximum atomic E-state index is 5.55. The van der Waals surface area contributed by atoms with Gasteiger partial charge in [0.2, 0.25) is 5.89 Å². The molecule has 4 heterocycles. The summed E-state index contributed by atoms with van der Waals surface area (Å²) in [6.45, 7) is 0.598. The minimum Gasteiger partial charge on any atom is -0.443 e. The van der Waals surface area contributed by atoms with Crippen molar-refractivity contribution in [2.45, 2.75) is 6.54 Å². The Balaban J connectivity index is 1.61. The van der Waals surface area contributed by atoms with E-state index in [1.165, 1.54) is 0 Å². The van der Waals surface area contributed by atoms with Crippen molar-refractivity contribution in [1.29, 1.82) is 0 Å². The van der Waals surface area contributed by atoms with Crippen LogP contribution in [-0.4, -0.2) is 19.5 Å². The van der Waals surface area contributed by atoms with Crippen LogP contribution in [0.3, 0.4) is 0 Å². The first-order chi connectivity index (χ1) is 10.9. The second-order valence-corrected chi connectivity index (χ2v) is 5.66. The van der Waals surface area contributed by atoms with Gasteiger partial charge in [0.15, 0.2) is 5.82 Å². The van der Waals surface area contributed by atoms with Crippen molar-refractivity contribution in [2.24, 2.45) is 0 Å². The van der Waals surface area contributed by atoms with Gasteiger partial charge in [0.25, 0.3) is 0 Å². The summed E-state index contributed by atoms with van der Waals surface area (Å²) < 4.78 is 7.57. The third-order valence-corrected chi connectivity index (χ3v) is 4.08. The van der Waals surface area contributed by atoms with Crippen molar-refractivity contribution in [3.63, 3.8) is 0 Å². The molecule has 0 amide bonds. The molecule has 0 aromatic carbocycles. The van der Waals surface area contributed by atoms with E-state index in [1.54, 1.807) is 30.0 Å². The third-order valence-electron chi connectivity index (χ3n) is 3.23. The summed E-state index contributed by atoms with van der Waals surface area (Å²) in [4.78, 5) is 14.3. The molecule has 0 aliphatic rings. The summed E-state index contributed by atoms with van der Waals surface area (Å²) in [6.07, 6.45) is 7.14. The molecule has 0 saturated carbocycles. The molecule has 0 aliphatic carbocycles. The van der Waals surface area contributed by atoms with Gasteiger partial charge in [0.1, 0.15) is 12.0 Å². The van der Waals surface area contributed by atoms with Crippen LogP contribution in [-0.2, 0) is 6.54 Å². The fraction of sp³-hybridized carbons (Fsp3) is 0.0625. The van der Waals surface area contributed by atoms with Crippen LogP contribution in [0.4, 0.5) is 0 Å². The normalized spacial score (nSPS) is 10.9. The van der Waals surface area contributed by atoms with Crippen molar-refractivity contribution in [3.8, 4) is 22.3 Å². The molecule has 108 valence electrons. The summed E-state index contributed by atoms with van der Waals surface area (Å²) in [5.41, 5.74) is 1.70. The Morgan fingerprint density at radius 1 is 1.09 bits per heavy atom. The van der Waals surface area contributed by atoms with E-state index in [1.807, 2.05) is 46.5 Å². The Hall–Kier alpha value is -2.73. The van der Waals surface area contributed by atoms with Crippen LogP contribution in [0.15, 0.2) is 65.0 Å². The molecule has 4 aromatic heterocycles. The van der Waals surface area contributed by atoms with E-state index < -0.39 is 0 Å². The monoisotopic (exact) mass is 308 g/mol. The summed E-state index contributed by atoms with van der Waals surface area (Å²) in [7, 11) is 0. The van der Waals surface area contributed by atoms with Gasteiger partial charge in [-0.25, -0.2) is 9.97 Å². The fourth-order valence-corrected chi connectivity index (χ4v) is 2.89. The highest BCUT2D eigenvalue weighted by Crippen LogP contribution is 2.24. The lowest BCUT2D eigenvalue weighted by Gasteiger charge is -2.04. The number of rotatable bonds is 4. The molecule has 0 saturated heterocycles. The molecule has 0 unspecified atom stereocenters. The van der Waals surface area contributed by atoms with E-state index in [4.69, 9.17) is 4.42 Å². The quantitative estimate of drug-likeness (QED) is 0.576. The van der Waals surface area contributed by atoms with Crippen molar-refractivity contribution in [3.05, 3.63) is 66.3 Å². The largest absolute Gasteiger partial charge is 0.443 e. The predicted octanol–water partition coefficient (Wildman–Crippen LogP) is 3.71. The zero-order valence-electron chi connectivity index (χ0n) is 11.6. The van der Waals surface area contributed by atoms with Gasteiger partial charge in [-0.15, -0.1) is 11.3 Å². The van der Waals surface area contributed by atoms with Crippen molar-refractivity contribution in [1.82, 2.24) is 19.5 Å².